The summed E-state index contributed by atoms with van der Waals surface area (Å²) in [6.07, 6.45) is -6.21. The molecule has 0 bridgehead atoms. The quantitative estimate of drug-likeness (QED) is 0.590. The topological polar surface area (TPSA) is 118 Å². The van der Waals surface area contributed by atoms with Crippen LogP contribution < -0.4 is 10.1 Å². The van der Waals surface area contributed by atoms with Gasteiger partial charge in [-0.3, -0.25) is 0 Å². The van der Waals surface area contributed by atoms with Crippen molar-refractivity contribution >= 4 is 11.9 Å². The lowest BCUT2D eigenvalue weighted by molar-refractivity contribution is -0.193. The van der Waals surface area contributed by atoms with Gasteiger partial charge in [0.1, 0.15) is 6.10 Å². The molecule has 2 aliphatic heterocycles. The summed E-state index contributed by atoms with van der Waals surface area (Å²) >= 11 is 0. The molecule has 2 fully saturated rings. The number of rotatable bonds is 2. The first-order valence-corrected chi connectivity index (χ1v) is 8.28. The van der Waals surface area contributed by atoms with Crippen LogP contribution in [0.1, 0.15) is 12.8 Å². The number of halogens is 6. The zero-order valence-corrected chi connectivity index (χ0v) is 15.2. The van der Waals surface area contributed by atoms with Gasteiger partial charge in [-0.15, -0.1) is 0 Å². The summed E-state index contributed by atoms with van der Waals surface area (Å²) in [7, 11) is 0. The van der Waals surface area contributed by atoms with E-state index in [1.807, 2.05) is 18.2 Å². The van der Waals surface area contributed by atoms with Crippen LogP contribution in [-0.4, -0.2) is 70.9 Å². The highest BCUT2D eigenvalue weighted by Gasteiger charge is 2.43. The Bertz CT molecular complexity index is 668. The van der Waals surface area contributed by atoms with Gasteiger partial charge in [-0.05, 0) is 19.0 Å². The van der Waals surface area contributed by atoms with E-state index >= 15 is 0 Å². The second-order valence-electron chi connectivity index (χ2n) is 6.14. The Balaban J connectivity index is 0.000000271. The average Bonchev–Trinajstić information content (AvgIpc) is 3.25. The molecule has 2 atom stereocenters. The lowest BCUT2D eigenvalue weighted by Gasteiger charge is -2.20. The summed E-state index contributed by atoms with van der Waals surface area (Å²) in [4.78, 5) is 22.0. The van der Waals surface area contributed by atoms with Crippen LogP contribution in [0, 0.1) is 0 Å². The van der Waals surface area contributed by atoms with Crippen molar-refractivity contribution in [2.75, 3.05) is 19.7 Å². The molecule has 0 amide bonds. The fraction of sp³-hybridized carbons (Fsp3) is 0.562. The Kier molecular flexibility index (Phi) is 8.84. The zero-order valence-electron chi connectivity index (χ0n) is 15.2. The number of carboxylic acid groups (broad SMARTS) is 2. The third-order valence-electron chi connectivity index (χ3n) is 3.79. The lowest BCUT2D eigenvalue weighted by atomic mass is 9.98. The van der Waals surface area contributed by atoms with Crippen LogP contribution in [0.5, 0.6) is 5.88 Å². The molecule has 0 aliphatic carbocycles. The highest BCUT2D eigenvalue weighted by molar-refractivity contribution is 5.73. The highest BCUT2D eigenvalue weighted by atomic mass is 19.4. The number of hydrogen-bond acceptors (Lipinski definition) is 6. The Morgan fingerprint density at radius 2 is 1.70 bits per heavy atom. The molecule has 2 aliphatic rings. The summed E-state index contributed by atoms with van der Waals surface area (Å²) in [5.41, 5.74) is 0.0272. The van der Waals surface area contributed by atoms with E-state index in [-0.39, 0.29) is 11.7 Å². The lowest BCUT2D eigenvalue weighted by Crippen LogP contribution is -2.31. The third-order valence-corrected chi connectivity index (χ3v) is 3.79. The molecule has 2 saturated heterocycles. The molecular weight excluding hydrogens is 430 g/mol. The first kappa shape index (κ1) is 25.4. The number of aromatic nitrogens is 1. The predicted molar refractivity (Wildman–Crippen MR) is 86.8 cm³/mol. The number of nitrogens with one attached hydrogen (secondary N) is 1. The molecule has 8 nitrogen and oxygen atoms in total. The van der Waals surface area contributed by atoms with Gasteiger partial charge in [-0.2, -0.15) is 26.3 Å². The minimum Gasteiger partial charge on any atom is -0.475 e. The first-order valence-electron chi connectivity index (χ1n) is 8.28. The van der Waals surface area contributed by atoms with Crippen LogP contribution >= 0.6 is 0 Å². The van der Waals surface area contributed by atoms with Gasteiger partial charge in [0.25, 0.3) is 0 Å². The molecule has 1 spiro atoms. The van der Waals surface area contributed by atoms with Crippen LogP contribution in [0.25, 0.3) is 0 Å². The number of aliphatic carboxylic acids is 2. The predicted octanol–water partition coefficient (Wildman–Crippen LogP) is 2.25. The molecule has 1 aromatic heterocycles. The molecule has 0 radical (unpaired) electrons. The Hall–Kier alpha value is -2.61. The molecule has 30 heavy (non-hydrogen) atoms. The standard InChI is InChI=1S/C12H16N2O2.2C2HF3O2/c1-2-5-14-11(3-1)16-10-7-12(15-8-10)4-6-13-9-12;2*3-2(4,5)1(6)7/h1-3,5,10,13H,4,6-9H2;2*(H,6,7)/t10-,12-;;/m0../s1. The van der Waals surface area contributed by atoms with Crippen molar-refractivity contribution in [2.24, 2.45) is 0 Å². The maximum atomic E-state index is 10.6. The van der Waals surface area contributed by atoms with E-state index in [0.29, 0.717) is 12.5 Å². The van der Waals surface area contributed by atoms with Gasteiger partial charge in [0.2, 0.25) is 5.88 Å². The minimum absolute atomic E-state index is 0.0272. The van der Waals surface area contributed by atoms with Crippen molar-refractivity contribution in [2.45, 2.75) is 36.9 Å². The van der Waals surface area contributed by atoms with Crippen molar-refractivity contribution < 1.29 is 55.6 Å². The summed E-state index contributed by atoms with van der Waals surface area (Å²) in [5, 5.41) is 17.6. The molecule has 14 heteroatoms. The van der Waals surface area contributed by atoms with E-state index in [4.69, 9.17) is 29.3 Å². The van der Waals surface area contributed by atoms with E-state index in [2.05, 4.69) is 10.3 Å². The van der Waals surface area contributed by atoms with Crippen LogP contribution in [0.3, 0.4) is 0 Å². The number of carbonyl (C=O) groups is 2. The van der Waals surface area contributed by atoms with Crippen LogP contribution in [-0.2, 0) is 14.3 Å². The zero-order chi connectivity index (χ0) is 23.0. The average molecular weight is 448 g/mol. The van der Waals surface area contributed by atoms with Crippen molar-refractivity contribution in [3.8, 4) is 5.88 Å². The number of ether oxygens (including phenoxy) is 2. The summed E-state index contributed by atoms with van der Waals surface area (Å²) < 4.78 is 75.1. The first-order chi connectivity index (χ1) is 13.8. The van der Waals surface area contributed by atoms with Gasteiger partial charge in [0, 0.05) is 25.2 Å². The van der Waals surface area contributed by atoms with Gasteiger partial charge >= 0.3 is 24.3 Å². The van der Waals surface area contributed by atoms with E-state index in [1.54, 1.807) is 6.20 Å². The van der Waals surface area contributed by atoms with Crippen LogP contribution in [0.2, 0.25) is 0 Å². The van der Waals surface area contributed by atoms with Crippen molar-refractivity contribution in [3.05, 3.63) is 24.4 Å². The number of nitrogens with zero attached hydrogens (tertiary/aromatic N) is 1. The largest absolute Gasteiger partial charge is 0.490 e. The van der Waals surface area contributed by atoms with Crippen molar-refractivity contribution in [1.29, 1.82) is 0 Å². The van der Waals surface area contributed by atoms with Crippen molar-refractivity contribution in [1.82, 2.24) is 10.3 Å². The summed E-state index contributed by atoms with van der Waals surface area (Å²) in [6, 6.07) is 5.71. The smallest absolute Gasteiger partial charge is 0.475 e. The van der Waals surface area contributed by atoms with Gasteiger partial charge in [-0.25, -0.2) is 14.6 Å². The maximum absolute atomic E-state index is 10.6. The Labute approximate surface area is 165 Å². The fourth-order valence-corrected chi connectivity index (χ4v) is 2.48. The van der Waals surface area contributed by atoms with Gasteiger partial charge in [0.15, 0.2) is 0 Å². The summed E-state index contributed by atoms with van der Waals surface area (Å²) in [5.74, 6) is -4.82. The normalized spacial score (nSPS) is 23.1. The summed E-state index contributed by atoms with van der Waals surface area (Å²) in [6.45, 7) is 2.68. The van der Waals surface area contributed by atoms with Gasteiger partial charge < -0.3 is 25.0 Å². The molecule has 3 N–H and O–H groups in total. The molecule has 0 unspecified atom stereocenters. The van der Waals surface area contributed by atoms with Crippen LogP contribution in [0.15, 0.2) is 24.4 Å². The Morgan fingerprint density at radius 3 is 2.10 bits per heavy atom. The highest BCUT2D eigenvalue weighted by Crippen LogP contribution is 2.33. The second-order valence-corrected chi connectivity index (χ2v) is 6.14. The number of pyridine rings is 1. The third kappa shape index (κ3) is 8.82. The molecule has 170 valence electrons. The monoisotopic (exact) mass is 448 g/mol. The van der Waals surface area contributed by atoms with Gasteiger partial charge in [0.05, 0.1) is 12.2 Å². The van der Waals surface area contributed by atoms with Crippen molar-refractivity contribution in [3.63, 3.8) is 0 Å². The fourth-order valence-electron chi connectivity index (χ4n) is 2.48. The SMILES string of the molecule is O=C(O)C(F)(F)F.O=C(O)C(F)(F)F.c1ccc(O[C@@H]2CO[C@@]3(CCNC3)C2)nc1. The van der Waals surface area contributed by atoms with E-state index < -0.39 is 24.3 Å². The van der Waals surface area contributed by atoms with Crippen LogP contribution in [0.4, 0.5) is 26.3 Å². The molecular formula is C16H18F6N2O6. The van der Waals surface area contributed by atoms with E-state index in [1.165, 1.54) is 0 Å². The number of carboxylic acids is 2. The molecule has 0 saturated carbocycles. The molecule has 3 heterocycles. The minimum atomic E-state index is -5.08. The maximum Gasteiger partial charge on any atom is 0.490 e. The number of alkyl halides is 6. The van der Waals surface area contributed by atoms with Gasteiger partial charge in [-0.1, -0.05) is 6.07 Å². The second kappa shape index (κ2) is 10.4. The molecule has 1 aromatic rings. The molecule has 3 rings (SSSR count). The van der Waals surface area contributed by atoms with E-state index in [0.717, 1.165) is 25.9 Å². The Morgan fingerprint density at radius 1 is 1.13 bits per heavy atom. The van der Waals surface area contributed by atoms with E-state index in [9.17, 15) is 26.3 Å². The molecule has 0 aromatic carbocycles. The number of hydrogen-bond donors (Lipinski definition) is 3.